The summed E-state index contributed by atoms with van der Waals surface area (Å²) in [5, 5.41) is 17.9. The van der Waals surface area contributed by atoms with Gasteiger partial charge < -0.3 is 14.9 Å². The van der Waals surface area contributed by atoms with Crippen molar-refractivity contribution < 1.29 is 22.3 Å². The number of hydrogen-bond donors (Lipinski definition) is 2. The molecule has 0 atom stereocenters. The van der Waals surface area contributed by atoms with Gasteiger partial charge in [0.1, 0.15) is 5.69 Å². The predicted molar refractivity (Wildman–Crippen MR) is 151 cm³/mol. The molecule has 14 heteroatoms. The summed E-state index contributed by atoms with van der Waals surface area (Å²) in [6.07, 6.45) is 6.00. The molecule has 220 valence electrons. The first-order chi connectivity index (χ1) is 19.5. The summed E-state index contributed by atoms with van der Waals surface area (Å²) in [6.45, 7) is 3.42. The fraction of sp³-hybridized carbons (Fsp3) is 0.556. The number of sulfonamides is 1. The van der Waals surface area contributed by atoms with Crippen molar-refractivity contribution >= 4 is 27.3 Å². The zero-order valence-corrected chi connectivity index (χ0v) is 23.7. The molecule has 3 aliphatic rings. The van der Waals surface area contributed by atoms with Crippen LogP contribution in [0.25, 0.3) is 17.1 Å². The van der Waals surface area contributed by atoms with Crippen LogP contribution in [-0.2, 0) is 10.0 Å². The number of aliphatic hydroxyl groups excluding tert-OH is 1. The molecule has 0 bridgehead atoms. The number of nitrogens with one attached hydrogen (secondary N) is 1. The number of hydrogen-bond acceptors (Lipinski definition) is 9. The third-order valence-corrected chi connectivity index (χ3v) is 9.63. The Morgan fingerprint density at radius 2 is 1.68 bits per heavy atom. The second-order valence-electron chi connectivity index (χ2n) is 11.4. The van der Waals surface area contributed by atoms with E-state index in [1.54, 1.807) is 27.9 Å². The normalized spacial score (nSPS) is 19.9. The average molecular weight is 589 g/mol. The van der Waals surface area contributed by atoms with E-state index in [4.69, 9.17) is 5.11 Å². The van der Waals surface area contributed by atoms with Crippen LogP contribution in [0.5, 0.6) is 0 Å². The van der Waals surface area contributed by atoms with E-state index in [2.05, 4.69) is 29.9 Å². The zero-order valence-electron chi connectivity index (χ0n) is 22.9. The molecule has 3 fully saturated rings. The largest absolute Gasteiger partial charge is 0.395 e. The second kappa shape index (κ2) is 10.5. The highest BCUT2D eigenvalue weighted by Crippen LogP contribution is 2.54. The first-order valence-corrected chi connectivity index (χ1v) is 15.6. The SMILES string of the molecule is Cc1cc(-n2cc(-c3ccc(NS(=O)(=O)CCO)cc3N3CCC4(CC3)CC4)nn2)nc(N2CCC(F)(F)CC2)n1. The Morgan fingerprint density at radius 1 is 0.976 bits per heavy atom. The number of aliphatic hydroxyl groups is 1. The molecule has 11 nitrogen and oxygen atoms in total. The minimum absolute atomic E-state index is 0.174. The van der Waals surface area contributed by atoms with E-state index in [-0.39, 0.29) is 31.7 Å². The van der Waals surface area contributed by atoms with Gasteiger partial charge in [0.2, 0.25) is 16.0 Å². The summed E-state index contributed by atoms with van der Waals surface area (Å²) < 4.78 is 56.2. The Morgan fingerprint density at radius 3 is 2.37 bits per heavy atom. The van der Waals surface area contributed by atoms with E-state index in [0.717, 1.165) is 37.2 Å². The van der Waals surface area contributed by atoms with E-state index < -0.39 is 22.6 Å². The maximum Gasteiger partial charge on any atom is 0.251 e. The van der Waals surface area contributed by atoms with E-state index in [1.807, 2.05) is 19.1 Å². The number of aryl methyl sites for hydroxylation is 1. The summed E-state index contributed by atoms with van der Waals surface area (Å²) in [7, 11) is -3.68. The third-order valence-electron chi connectivity index (χ3n) is 8.36. The molecule has 4 heterocycles. The molecule has 1 spiro atoms. The van der Waals surface area contributed by atoms with Gasteiger partial charge in [-0.25, -0.2) is 26.9 Å². The molecule has 0 amide bonds. The van der Waals surface area contributed by atoms with Crippen LogP contribution in [0.3, 0.4) is 0 Å². The Bertz CT molecular complexity index is 1520. The van der Waals surface area contributed by atoms with Crippen molar-refractivity contribution in [3.8, 4) is 17.1 Å². The molecular weight excluding hydrogens is 554 g/mol. The number of piperidine rings is 2. The minimum Gasteiger partial charge on any atom is -0.395 e. The van der Waals surface area contributed by atoms with Gasteiger partial charge in [-0.1, -0.05) is 5.21 Å². The van der Waals surface area contributed by atoms with Gasteiger partial charge in [0, 0.05) is 62.0 Å². The van der Waals surface area contributed by atoms with Crippen molar-refractivity contribution in [3.63, 3.8) is 0 Å². The van der Waals surface area contributed by atoms with Crippen molar-refractivity contribution in [2.24, 2.45) is 5.41 Å². The molecule has 41 heavy (non-hydrogen) atoms. The molecule has 1 saturated carbocycles. The quantitative estimate of drug-likeness (QED) is 0.407. The molecule has 2 aromatic heterocycles. The monoisotopic (exact) mass is 588 g/mol. The smallest absolute Gasteiger partial charge is 0.251 e. The van der Waals surface area contributed by atoms with Gasteiger partial charge in [-0.2, -0.15) is 4.98 Å². The molecule has 6 rings (SSSR count). The van der Waals surface area contributed by atoms with E-state index in [1.165, 1.54) is 12.8 Å². The lowest BCUT2D eigenvalue weighted by atomic mass is 9.93. The molecule has 2 saturated heterocycles. The van der Waals surface area contributed by atoms with Crippen molar-refractivity contribution in [1.82, 2.24) is 25.0 Å². The van der Waals surface area contributed by atoms with Gasteiger partial charge >= 0.3 is 0 Å². The third kappa shape index (κ3) is 6.13. The molecule has 0 radical (unpaired) electrons. The van der Waals surface area contributed by atoms with Crippen LogP contribution in [0, 0.1) is 12.3 Å². The Hall–Kier alpha value is -3.39. The van der Waals surface area contributed by atoms with Crippen LogP contribution in [-0.4, -0.2) is 82.9 Å². The highest BCUT2D eigenvalue weighted by atomic mass is 32.2. The van der Waals surface area contributed by atoms with E-state index >= 15 is 0 Å². The minimum atomic E-state index is -3.68. The van der Waals surface area contributed by atoms with Gasteiger partial charge in [0.05, 0.1) is 24.2 Å². The van der Waals surface area contributed by atoms with Crippen LogP contribution < -0.4 is 14.5 Å². The Kier molecular flexibility index (Phi) is 7.09. The molecular formula is C27H34F2N8O3S. The molecule has 2 N–H and O–H groups in total. The summed E-state index contributed by atoms with van der Waals surface area (Å²) in [4.78, 5) is 13.1. The van der Waals surface area contributed by atoms with Gasteiger partial charge in [-0.3, -0.25) is 4.72 Å². The number of benzene rings is 1. The molecule has 3 aromatic rings. The number of rotatable bonds is 8. The van der Waals surface area contributed by atoms with Crippen LogP contribution in [0.4, 0.5) is 26.1 Å². The van der Waals surface area contributed by atoms with Crippen molar-refractivity contribution in [2.75, 3.05) is 53.1 Å². The first-order valence-electron chi connectivity index (χ1n) is 14.0. The lowest BCUT2D eigenvalue weighted by Crippen LogP contribution is -2.40. The molecule has 1 aromatic carbocycles. The van der Waals surface area contributed by atoms with Gasteiger partial charge in [0.25, 0.3) is 5.92 Å². The number of aromatic nitrogens is 5. The van der Waals surface area contributed by atoms with Crippen molar-refractivity contribution in [2.45, 2.75) is 51.4 Å². The van der Waals surface area contributed by atoms with Crippen LogP contribution in [0.1, 0.15) is 44.2 Å². The molecule has 2 aliphatic heterocycles. The summed E-state index contributed by atoms with van der Waals surface area (Å²) in [6, 6.07) is 7.08. The number of halogens is 2. The number of nitrogens with zero attached hydrogens (tertiary/aromatic N) is 7. The first kappa shape index (κ1) is 27.8. The molecule has 1 aliphatic carbocycles. The van der Waals surface area contributed by atoms with Crippen molar-refractivity contribution in [1.29, 1.82) is 0 Å². The highest BCUT2D eigenvalue weighted by Gasteiger charge is 2.44. The van der Waals surface area contributed by atoms with Crippen LogP contribution >= 0.6 is 0 Å². The predicted octanol–water partition coefficient (Wildman–Crippen LogP) is 3.38. The molecule has 0 unspecified atom stereocenters. The summed E-state index contributed by atoms with van der Waals surface area (Å²) in [5.41, 5.74) is 3.81. The fourth-order valence-corrected chi connectivity index (χ4v) is 6.48. The number of anilines is 3. The van der Waals surface area contributed by atoms with E-state index in [9.17, 15) is 17.2 Å². The maximum atomic E-state index is 13.7. The topological polar surface area (TPSA) is 129 Å². The van der Waals surface area contributed by atoms with Gasteiger partial charge in [0.15, 0.2) is 5.82 Å². The van der Waals surface area contributed by atoms with Crippen LogP contribution in [0.2, 0.25) is 0 Å². The second-order valence-corrected chi connectivity index (χ2v) is 13.3. The lowest BCUT2D eigenvalue weighted by Gasteiger charge is -2.35. The summed E-state index contributed by atoms with van der Waals surface area (Å²) in [5.74, 6) is -2.18. The van der Waals surface area contributed by atoms with E-state index in [0.29, 0.717) is 34.3 Å². The lowest BCUT2D eigenvalue weighted by molar-refractivity contribution is -0.0222. The van der Waals surface area contributed by atoms with Gasteiger partial charge in [-0.15, -0.1) is 5.10 Å². The Balaban J connectivity index is 1.30. The standard InChI is InChI=1S/C27H34F2N8O3S/c1-19-16-24(31-25(30-19)36-12-8-27(28,29)9-13-36)37-18-22(32-34-37)21-3-2-20(33-41(39,40)15-14-38)17-23(21)35-10-6-26(4-5-26)7-11-35/h2-3,16-18,33,38H,4-15H2,1H3. The zero-order chi connectivity index (χ0) is 28.8. The number of alkyl halides is 2. The average Bonchev–Trinajstić information content (AvgIpc) is 3.48. The highest BCUT2D eigenvalue weighted by molar-refractivity contribution is 7.92. The fourth-order valence-electron chi connectivity index (χ4n) is 5.65. The Labute approximate surface area is 237 Å². The van der Waals surface area contributed by atoms with Crippen LogP contribution in [0.15, 0.2) is 30.5 Å². The van der Waals surface area contributed by atoms with Crippen molar-refractivity contribution in [3.05, 3.63) is 36.2 Å². The maximum absolute atomic E-state index is 13.7. The summed E-state index contributed by atoms with van der Waals surface area (Å²) >= 11 is 0. The van der Waals surface area contributed by atoms with Gasteiger partial charge in [-0.05, 0) is 56.2 Å².